The summed E-state index contributed by atoms with van der Waals surface area (Å²) in [6, 6.07) is 13.0. The van der Waals surface area contributed by atoms with E-state index in [-0.39, 0.29) is 23.1 Å². The van der Waals surface area contributed by atoms with E-state index in [1.54, 1.807) is 36.4 Å². The Kier molecular flexibility index (Phi) is 6.63. The number of rotatable bonds is 7. The first-order valence-electron chi connectivity index (χ1n) is 9.19. The van der Waals surface area contributed by atoms with Crippen molar-refractivity contribution in [3.8, 4) is 0 Å². The highest BCUT2D eigenvalue weighted by Crippen LogP contribution is 2.20. The zero-order valence-electron chi connectivity index (χ0n) is 16.1. The molecule has 0 spiro atoms. The second-order valence-corrected chi connectivity index (χ2v) is 8.52. The Morgan fingerprint density at radius 2 is 1.72 bits per heavy atom. The highest BCUT2D eigenvalue weighted by Gasteiger charge is 2.26. The van der Waals surface area contributed by atoms with Crippen molar-refractivity contribution in [2.45, 2.75) is 11.8 Å². The number of carbonyl (C=O) groups is 2. The number of ketones is 1. The molecular weight excluding hydrogens is 394 g/mol. The van der Waals surface area contributed by atoms with E-state index in [4.69, 9.17) is 4.74 Å². The van der Waals surface area contributed by atoms with Crippen molar-refractivity contribution in [2.24, 2.45) is 0 Å². The highest BCUT2D eigenvalue weighted by atomic mass is 32.2. The molecule has 0 bridgehead atoms. The molecular formula is C20H23N3O5S. The molecule has 9 heteroatoms. The van der Waals surface area contributed by atoms with Gasteiger partial charge < -0.3 is 15.4 Å². The van der Waals surface area contributed by atoms with Crippen molar-refractivity contribution in [1.82, 2.24) is 4.31 Å². The second kappa shape index (κ2) is 9.17. The predicted octanol–water partition coefficient (Wildman–Crippen LogP) is 1.96. The maximum Gasteiger partial charge on any atom is 0.243 e. The molecule has 0 aliphatic carbocycles. The number of hydrogen-bond donors (Lipinski definition) is 2. The van der Waals surface area contributed by atoms with Crippen LogP contribution in [0, 0.1) is 0 Å². The van der Waals surface area contributed by atoms with Crippen LogP contribution < -0.4 is 10.6 Å². The van der Waals surface area contributed by atoms with Crippen molar-refractivity contribution in [2.75, 3.05) is 43.5 Å². The van der Waals surface area contributed by atoms with Gasteiger partial charge in [0.15, 0.2) is 5.78 Å². The first kappa shape index (κ1) is 21.0. The van der Waals surface area contributed by atoms with Crippen LogP contribution in [0.1, 0.15) is 17.3 Å². The maximum absolute atomic E-state index is 12.7. The minimum absolute atomic E-state index is 0.0502. The lowest BCUT2D eigenvalue weighted by atomic mass is 10.1. The lowest BCUT2D eigenvalue weighted by Gasteiger charge is -2.26. The third-order valence-corrected chi connectivity index (χ3v) is 6.34. The average molecular weight is 417 g/mol. The fourth-order valence-corrected chi connectivity index (χ4v) is 4.36. The zero-order chi connectivity index (χ0) is 20.9. The zero-order valence-corrected chi connectivity index (χ0v) is 16.9. The van der Waals surface area contributed by atoms with Crippen molar-refractivity contribution < 1.29 is 22.7 Å². The number of nitrogens with one attached hydrogen (secondary N) is 2. The van der Waals surface area contributed by atoms with Gasteiger partial charge in [-0.25, -0.2) is 8.42 Å². The van der Waals surface area contributed by atoms with Gasteiger partial charge in [-0.2, -0.15) is 4.31 Å². The summed E-state index contributed by atoms with van der Waals surface area (Å²) in [7, 11) is -3.60. The summed E-state index contributed by atoms with van der Waals surface area (Å²) < 4.78 is 32.1. The topological polar surface area (TPSA) is 105 Å². The summed E-state index contributed by atoms with van der Waals surface area (Å²) >= 11 is 0. The Morgan fingerprint density at radius 3 is 2.45 bits per heavy atom. The number of anilines is 2. The van der Waals surface area contributed by atoms with Crippen LogP contribution >= 0.6 is 0 Å². The van der Waals surface area contributed by atoms with Gasteiger partial charge in [-0.15, -0.1) is 0 Å². The Bertz CT molecular complexity index is 1000. The summed E-state index contributed by atoms with van der Waals surface area (Å²) in [4.78, 5) is 23.8. The van der Waals surface area contributed by atoms with Crippen LogP contribution in [0.5, 0.6) is 0 Å². The molecule has 1 saturated heterocycles. The van der Waals surface area contributed by atoms with Crippen LogP contribution in [0.25, 0.3) is 0 Å². The summed E-state index contributed by atoms with van der Waals surface area (Å²) in [5.41, 5.74) is 1.55. The summed E-state index contributed by atoms with van der Waals surface area (Å²) in [6.07, 6.45) is 0. The molecule has 0 unspecified atom stereocenters. The van der Waals surface area contributed by atoms with Crippen LogP contribution in [-0.2, 0) is 19.6 Å². The van der Waals surface area contributed by atoms with Crippen molar-refractivity contribution in [1.29, 1.82) is 0 Å². The number of nitrogens with zero attached hydrogens (tertiary/aromatic N) is 1. The lowest BCUT2D eigenvalue weighted by Crippen LogP contribution is -2.40. The molecule has 2 N–H and O–H groups in total. The Labute approximate surface area is 169 Å². The van der Waals surface area contributed by atoms with E-state index >= 15 is 0 Å². The van der Waals surface area contributed by atoms with E-state index in [1.165, 1.54) is 23.4 Å². The number of hydrogen-bond acceptors (Lipinski definition) is 6. The first-order chi connectivity index (χ1) is 13.9. The van der Waals surface area contributed by atoms with E-state index in [2.05, 4.69) is 10.6 Å². The summed E-state index contributed by atoms with van der Waals surface area (Å²) in [6.45, 7) is 2.81. The number of Topliss-reactive ketones (excluding diaryl/α,β-unsaturated/α-hetero) is 1. The number of morpholine rings is 1. The van der Waals surface area contributed by atoms with Gasteiger partial charge in [-0.3, -0.25) is 9.59 Å². The molecule has 0 saturated carbocycles. The van der Waals surface area contributed by atoms with Gasteiger partial charge in [0.1, 0.15) is 0 Å². The molecule has 8 nitrogen and oxygen atoms in total. The molecule has 1 aliphatic rings. The van der Waals surface area contributed by atoms with Crippen molar-refractivity contribution >= 4 is 33.1 Å². The smallest absolute Gasteiger partial charge is 0.243 e. The molecule has 1 heterocycles. The summed E-state index contributed by atoms with van der Waals surface area (Å²) in [5, 5.41) is 5.64. The molecule has 3 rings (SSSR count). The van der Waals surface area contributed by atoms with Gasteiger partial charge in [0, 0.05) is 30.0 Å². The Balaban J connectivity index is 1.62. The predicted molar refractivity (Wildman–Crippen MR) is 110 cm³/mol. The lowest BCUT2D eigenvalue weighted by molar-refractivity contribution is -0.114. The minimum Gasteiger partial charge on any atom is -0.379 e. The molecule has 0 radical (unpaired) electrons. The van der Waals surface area contributed by atoms with E-state index in [9.17, 15) is 18.0 Å². The van der Waals surface area contributed by atoms with Gasteiger partial charge >= 0.3 is 0 Å². The quantitative estimate of drug-likeness (QED) is 0.668. The van der Waals surface area contributed by atoms with Crippen LogP contribution in [-0.4, -0.2) is 57.3 Å². The first-order valence-corrected chi connectivity index (χ1v) is 10.6. The minimum atomic E-state index is -3.60. The Morgan fingerprint density at radius 1 is 1.03 bits per heavy atom. The standard InChI is InChI=1S/C20H23N3O5S/c1-15(24)16-4-2-6-18(12-16)22-20(25)14-21-17-5-3-7-19(13-17)29(26,27)23-8-10-28-11-9-23/h2-7,12-13,21H,8-11,14H2,1H3,(H,22,25). The largest absolute Gasteiger partial charge is 0.379 e. The number of amides is 1. The molecule has 1 fully saturated rings. The van der Waals surface area contributed by atoms with E-state index in [0.29, 0.717) is 43.2 Å². The second-order valence-electron chi connectivity index (χ2n) is 6.58. The molecule has 0 atom stereocenters. The molecule has 2 aromatic rings. The van der Waals surface area contributed by atoms with Crippen molar-refractivity contribution in [3.05, 3.63) is 54.1 Å². The molecule has 1 amide bonds. The number of carbonyl (C=O) groups excluding carboxylic acids is 2. The maximum atomic E-state index is 12.7. The molecule has 2 aromatic carbocycles. The molecule has 0 aromatic heterocycles. The average Bonchev–Trinajstić information content (AvgIpc) is 2.73. The van der Waals surface area contributed by atoms with Crippen LogP contribution in [0.15, 0.2) is 53.4 Å². The highest BCUT2D eigenvalue weighted by molar-refractivity contribution is 7.89. The van der Waals surface area contributed by atoms with Gasteiger partial charge in [-0.1, -0.05) is 18.2 Å². The van der Waals surface area contributed by atoms with Crippen molar-refractivity contribution in [3.63, 3.8) is 0 Å². The van der Waals surface area contributed by atoms with E-state index < -0.39 is 10.0 Å². The summed E-state index contributed by atoms with van der Waals surface area (Å²) in [5.74, 6) is -0.398. The number of ether oxygens (including phenoxy) is 1. The molecule has 154 valence electrons. The fraction of sp³-hybridized carbons (Fsp3) is 0.300. The normalized spacial score (nSPS) is 14.9. The van der Waals surface area contributed by atoms with Gasteiger partial charge in [-0.05, 0) is 37.3 Å². The van der Waals surface area contributed by atoms with E-state index in [1.807, 2.05) is 0 Å². The molecule has 29 heavy (non-hydrogen) atoms. The monoisotopic (exact) mass is 417 g/mol. The Hall–Kier alpha value is -2.75. The number of sulfonamides is 1. The van der Waals surface area contributed by atoms with Gasteiger partial charge in [0.25, 0.3) is 0 Å². The van der Waals surface area contributed by atoms with Crippen LogP contribution in [0.4, 0.5) is 11.4 Å². The third-order valence-electron chi connectivity index (χ3n) is 4.45. The van der Waals surface area contributed by atoms with Crippen LogP contribution in [0.2, 0.25) is 0 Å². The van der Waals surface area contributed by atoms with E-state index in [0.717, 1.165) is 0 Å². The number of benzene rings is 2. The van der Waals surface area contributed by atoms with Gasteiger partial charge in [0.05, 0.1) is 24.7 Å². The van der Waals surface area contributed by atoms with Gasteiger partial charge in [0.2, 0.25) is 15.9 Å². The van der Waals surface area contributed by atoms with Crippen LogP contribution in [0.3, 0.4) is 0 Å². The fourth-order valence-electron chi connectivity index (χ4n) is 2.91. The SMILES string of the molecule is CC(=O)c1cccc(NC(=O)CNc2cccc(S(=O)(=O)N3CCOCC3)c2)c1. The molecule has 1 aliphatic heterocycles. The third kappa shape index (κ3) is 5.41.